The summed E-state index contributed by atoms with van der Waals surface area (Å²) in [4.78, 5) is 0. The summed E-state index contributed by atoms with van der Waals surface area (Å²) >= 11 is 0. The molecular formula is C15H18O. The van der Waals surface area contributed by atoms with Gasteiger partial charge in [-0.25, -0.2) is 0 Å². The second kappa shape index (κ2) is 6.67. The summed E-state index contributed by atoms with van der Waals surface area (Å²) in [6.45, 7) is 3.81. The Morgan fingerprint density at radius 3 is 2.44 bits per heavy atom. The molecule has 0 amide bonds. The van der Waals surface area contributed by atoms with Crippen molar-refractivity contribution in [3.05, 3.63) is 72.0 Å². The minimum absolute atomic E-state index is 0.320. The average Bonchev–Trinajstić information content (AvgIpc) is 2.29. The van der Waals surface area contributed by atoms with Gasteiger partial charge in [-0.3, -0.25) is 0 Å². The number of aliphatic hydroxyl groups is 1. The second-order valence-electron chi connectivity index (χ2n) is 3.78. The topological polar surface area (TPSA) is 20.2 Å². The smallest absolute Gasteiger partial charge is 0.0891 e. The van der Waals surface area contributed by atoms with Crippen molar-refractivity contribution in [3.63, 3.8) is 0 Å². The van der Waals surface area contributed by atoms with E-state index in [1.807, 2.05) is 36.4 Å². The number of rotatable bonds is 4. The summed E-state index contributed by atoms with van der Waals surface area (Å²) in [6.07, 6.45) is 9.53. The van der Waals surface area contributed by atoms with E-state index in [-0.39, 0.29) is 0 Å². The van der Waals surface area contributed by atoms with Crippen molar-refractivity contribution in [2.24, 2.45) is 0 Å². The first-order valence-electron chi connectivity index (χ1n) is 5.46. The van der Waals surface area contributed by atoms with Crippen molar-refractivity contribution in [2.45, 2.75) is 19.8 Å². The van der Waals surface area contributed by atoms with Crippen molar-refractivity contribution < 1.29 is 5.11 Å². The Kier molecular flexibility index (Phi) is 5.13. The molecule has 1 N–H and O–H groups in total. The van der Waals surface area contributed by atoms with Crippen LogP contribution in [0.15, 0.2) is 66.5 Å². The van der Waals surface area contributed by atoms with E-state index in [4.69, 9.17) is 5.11 Å². The molecule has 16 heavy (non-hydrogen) atoms. The lowest BCUT2D eigenvalue weighted by atomic mass is 10.0. The highest BCUT2D eigenvalue weighted by Crippen LogP contribution is 2.15. The number of hydrogen-bond donors (Lipinski definition) is 1. The van der Waals surface area contributed by atoms with Crippen molar-refractivity contribution in [1.29, 1.82) is 0 Å². The van der Waals surface area contributed by atoms with Gasteiger partial charge in [-0.1, -0.05) is 61.6 Å². The van der Waals surface area contributed by atoms with Crippen LogP contribution in [0.2, 0.25) is 0 Å². The quantitative estimate of drug-likeness (QED) is 0.583. The molecule has 1 rings (SSSR count). The molecule has 84 valence electrons. The van der Waals surface area contributed by atoms with E-state index < -0.39 is 0 Å². The highest BCUT2D eigenvalue weighted by atomic mass is 16.3. The van der Waals surface area contributed by atoms with Crippen LogP contribution in [0.4, 0.5) is 0 Å². The van der Waals surface area contributed by atoms with E-state index in [9.17, 15) is 0 Å². The molecule has 0 fully saturated rings. The van der Waals surface area contributed by atoms with Crippen LogP contribution in [-0.4, -0.2) is 5.11 Å². The van der Waals surface area contributed by atoms with Gasteiger partial charge in [0, 0.05) is 0 Å². The second-order valence-corrected chi connectivity index (χ2v) is 3.78. The van der Waals surface area contributed by atoms with Gasteiger partial charge < -0.3 is 5.11 Å². The van der Waals surface area contributed by atoms with Gasteiger partial charge >= 0.3 is 0 Å². The average molecular weight is 214 g/mol. The highest BCUT2D eigenvalue weighted by molar-refractivity contribution is 5.24. The molecule has 0 aromatic heterocycles. The minimum Gasteiger partial charge on any atom is -0.513 e. The fourth-order valence-corrected chi connectivity index (χ4v) is 1.36. The van der Waals surface area contributed by atoms with E-state index in [2.05, 4.69) is 25.1 Å². The van der Waals surface area contributed by atoms with Gasteiger partial charge in [-0.05, 0) is 24.5 Å². The normalized spacial score (nSPS) is 14.8. The molecule has 1 heteroatoms. The van der Waals surface area contributed by atoms with E-state index in [0.29, 0.717) is 11.7 Å². The van der Waals surface area contributed by atoms with Crippen molar-refractivity contribution in [3.8, 4) is 0 Å². The molecule has 1 aromatic carbocycles. The first-order valence-corrected chi connectivity index (χ1v) is 5.46. The van der Waals surface area contributed by atoms with Crippen LogP contribution >= 0.6 is 0 Å². The Labute approximate surface area is 97.4 Å². The standard InChI is InChI=1S/C15H18O/c1-13(15-11-7-4-8-12-15)9-5-3-6-10-14(2)16/h3-13,16H,1-2H3/b6-3-,9-5+,14-10+. The maximum absolute atomic E-state index is 8.92. The third-order valence-electron chi connectivity index (χ3n) is 2.28. The molecule has 1 nitrogen and oxygen atoms in total. The molecule has 0 aliphatic heterocycles. The summed E-state index contributed by atoms with van der Waals surface area (Å²) in [6, 6.07) is 10.4. The van der Waals surface area contributed by atoms with Gasteiger partial charge in [0.05, 0.1) is 5.76 Å². The Bertz CT molecular complexity index is 381. The lowest BCUT2D eigenvalue weighted by molar-refractivity contribution is 0.414. The summed E-state index contributed by atoms with van der Waals surface area (Å²) in [5.41, 5.74) is 1.31. The predicted molar refractivity (Wildman–Crippen MR) is 69.5 cm³/mol. The van der Waals surface area contributed by atoms with Crippen LogP contribution in [-0.2, 0) is 0 Å². The molecule has 1 aromatic rings. The molecule has 0 aliphatic carbocycles. The third-order valence-corrected chi connectivity index (χ3v) is 2.28. The molecule has 0 heterocycles. The molecule has 1 unspecified atom stereocenters. The Morgan fingerprint density at radius 1 is 1.12 bits per heavy atom. The Morgan fingerprint density at radius 2 is 1.81 bits per heavy atom. The van der Waals surface area contributed by atoms with Crippen molar-refractivity contribution >= 4 is 0 Å². The fraction of sp³-hybridized carbons (Fsp3) is 0.200. The number of allylic oxidation sites excluding steroid dienone is 6. The number of aliphatic hydroxyl groups excluding tert-OH is 1. The first-order chi connectivity index (χ1) is 7.70. The van der Waals surface area contributed by atoms with Gasteiger partial charge in [0.1, 0.15) is 0 Å². The molecule has 1 atom stereocenters. The van der Waals surface area contributed by atoms with Gasteiger partial charge in [0.2, 0.25) is 0 Å². The van der Waals surface area contributed by atoms with Gasteiger partial charge in [-0.2, -0.15) is 0 Å². The van der Waals surface area contributed by atoms with Crippen LogP contribution in [0.3, 0.4) is 0 Å². The van der Waals surface area contributed by atoms with Gasteiger partial charge in [-0.15, -0.1) is 0 Å². The molecule has 0 spiro atoms. The largest absolute Gasteiger partial charge is 0.513 e. The summed E-state index contributed by atoms with van der Waals surface area (Å²) in [5, 5.41) is 8.92. The van der Waals surface area contributed by atoms with Gasteiger partial charge in [0.25, 0.3) is 0 Å². The van der Waals surface area contributed by atoms with Crippen molar-refractivity contribution in [1.82, 2.24) is 0 Å². The lowest BCUT2D eigenvalue weighted by Gasteiger charge is -2.04. The zero-order valence-electron chi connectivity index (χ0n) is 9.80. The van der Waals surface area contributed by atoms with Gasteiger partial charge in [0.15, 0.2) is 0 Å². The molecule has 0 saturated heterocycles. The molecule has 0 bridgehead atoms. The zero-order valence-corrected chi connectivity index (χ0v) is 9.80. The molecule has 0 radical (unpaired) electrons. The summed E-state index contributed by atoms with van der Waals surface area (Å²) in [7, 11) is 0. The predicted octanol–water partition coefficient (Wildman–Crippen LogP) is 4.36. The monoisotopic (exact) mass is 214 g/mol. The van der Waals surface area contributed by atoms with Crippen LogP contribution in [0.1, 0.15) is 25.3 Å². The number of benzene rings is 1. The SMILES string of the molecule is C\C(O)=C/C=C\C=C\C(C)c1ccccc1. The first kappa shape index (κ1) is 12.3. The minimum atomic E-state index is 0.320. The Hall–Kier alpha value is -1.76. The molecular weight excluding hydrogens is 196 g/mol. The van der Waals surface area contributed by atoms with E-state index in [1.54, 1.807) is 13.0 Å². The summed E-state index contributed by atoms with van der Waals surface area (Å²) in [5.74, 6) is 0.728. The molecule has 0 saturated carbocycles. The van der Waals surface area contributed by atoms with E-state index in [1.165, 1.54) is 5.56 Å². The number of hydrogen-bond acceptors (Lipinski definition) is 1. The van der Waals surface area contributed by atoms with Crippen LogP contribution in [0.25, 0.3) is 0 Å². The lowest BCUT2D eigenvalue weighted by Crippen LogP contribution is -1.86. The van der Waals surface area contributed by atoms with E-state index >= 15 is 0 Å². The van der Waals surface area contributed by atoms with Crippen LogP contribution in [0.5, 0.6) is 0 Å². The maximum Gasteiger partial charge on any atom is 0.0891 e. The third kappa shape index (κ3) is 4.65. The fourth-order valence-electron chi connectivity index (χ4n) is 1.36. The maximum atomic E-state index is 8.92. The van der Waals surface area contributed by atoms with Crippen LogP contribution in [0, 0.1) is 0 Å². The molecule has 0 aliphatic rings. The van der Waals surface area contributed by atoms with E-state index in [0.717, 1.165) is 0 Å². The van der Waals surface area contributed by atoms with Crippen LogP contribution < -0.4 is 0 Å². The summed E-state index contributed by atoms with van der Waals surface area (Å²) < 4.78 is 0. The Balaban J connectivity index is 2.52. The highest BCUT2D eigenvalue weighted by Gasteiger charge is 1.97. The van der Waals surface area contributed by atoms with Crippen molar-refractivity contribution in [2.75, 3.05) is 0 Å². The zero-order chi connectivity index (χ0) is 11.8.